The van der Waals surface area contributed by atoms with Crippen molar-refractivity contribution in [3.05, 3.63) is 0 Å². The standard InChI is InChI=1S/C20H33N3OS/c24-19(21-20-12-15-9-16(13-20)11-17(10-15)14-20)23-5-3-22(4-6-23)18-1-7-25-8-2-18/h15-18H,1-14H2,(H,21,24). The van der Waals surface area contributed by atoms with E-state index in [0.29, 0.717) is 0 Å². The third-order valence-corrected chi connectivity index (χ3v) is 8.77. The van der Waals surface area contributed by atoms with Gasteiger partial charge in [0.05, 0.1) is 0 Å². The smallest absolute Gasteiger partial charge is 0.317 e. The van der Waals surface area contributed by atoms with Crippen LogP contribution in [0.5, 0.6) is 0 Å². The maximum atomic E-state index is 13.0. The minimum Gasteiger partial charge on any atom is -0.333 e. The van der Waals surface area contributed by atoms with Crippen LogP contribution in [-0.4, -0.2) is 65.1 Å². The van der Waals surface area contributed by atoms with Crippen molar-refractivity contribution in [1.29, 1.82) is 0 Å². The zero-order valence-electron chi connectivity index (χ0n) is 15.4. The van der Waals surface area contributed by atoms with Gasteiger partial charge in [-0.15, -0.1) is 0 Å². The molecular weight excluding hydrogens is 330 g/mol. The van der Waals surface area contributed by atoms with Crippen molar-refractivity contribution in [3.63, 3.8) is 0 Å². The largest absolute Gasteiger partial charge is 0.333 e. The fraction of sp³-hybridized carbons (Fsp3) is 0.950. The number of hydrogen-bond acceptors (Lipinski definition) is 3. The highest BCUT2D eigenvalue weighted by molar-refractivity contribution is 7.99. The van der Waals surface area contributed by atoms with Crippen molar-refractivity contribution >= 4 is 17.8 Å². The van der Waals surface area contributed by atoms with E-state index in [1.54, 1.807) is 0 Å². The Bertz CT molecular complexity index is 476. The molecule has 140 valence electrons. The summed E-state index contributed by atoms with van der Waals surface area (Å²) < 4.78 is 0. The number of piperazine rings is 1. The Labute approximate surface area is 156 Å². The van der Waals surface area contributed by atoms with E-state index in [4.69, 9.17) is 0 Å². The van der Waals surface area contributed by atoms with Crippen molar-refractivity contribution in [3.8, 4) is 0 Å². The molecule has 2 saturated heterocycles. The van der Waals surface area contributed by atoms with Crippen molar-refractivity contribution in [2.45, 2.75) is 62.9 Å². The number of rotatable bonds is 2. The van der Waals surface area contributed by atoms with Crippen LogP contribution in [0, 0.1) is 17.8 Å². The summed E-state index contributed by atoms with van der Waals surface area (Å²) in [6, 6.07) is 1.01. The first kappa shape index (κ1) is 16.7. The molecule has 6 aliphatic rings. The lowest BCUT2D eigenvalue weighted by atomic mass is 9.53. The van der Waals surface area contributed by atoms with Gasteiger partial charge in [-0.2, -0.15) is 11.8 Å². The van der Waals surface area contributed by atoms with Gasteiger partial charge in [0.25, 0.3) is 0 Å². The molecule has 4 nitrogen and oxygen atoms in total. The maximum absolute atomic E-state index is 13.0. The van der Waals surface area contributed by atoms with E-state index in [0.717, 1.165) is 50.0 Å². The molecule has 1 N–H and O–H groups in total. The third-order valence-electron chi connectivity index (χ3n) is 7.72. The molecule has 4 saturated carbocycles. The molecule has 25 heavy (non-hydrogen) atoms. The van der Waals surface area contributed by atoms with Crippen molar-refractivity contribution in [2.24, 2.45) is 17.8 Å². The molecule has 4 aliphatic carbocycles. The van der Waals surface area contributed by atoms with Crippen LogP contribution in [-0.2, 0) is 0 Å². The molecule has 6 fully saturated rings. The van der Waals surface area contributed by atoms with Gasteiger partial charge in [0.15, 0.2) is 0 Å². The van der Waals surface area contributed by atoms with Crippen LogP contribution in [0.15, 0.2) is 0 Å². The molecule has 2 amide bonds. The molecule has 0 unspecified atom stereocenters. The number of nitrogens with zero attached hydrogens (tertiary/aromatic N) is 2. The Morgan fingerprint density at radius 3 is 2.00 bits per heavy atom. The van der Waals surface area contributed by atoms with Gasteiger partial charge in [-0.1, -0.05) is 0 Å². The Morgan fingerprint density at radius 1 is 0.880 bits per heavy atom. The Morgan fingerprint density at radius 2 is 1.44 bits per heavy atom. The third kappa shape index (κ3) is 3.31. The maximum Gasteiger partial charge on any atom is 0.317 e. The van der Waals surface area contributed by atoms with E-state index in [-0.39, 0.29) is 11.6 Å². The number of hydrogen-bond donors (Lipinski definition) is 1. The summed E-state index contributed by atoms with van der Waals surface area (Å²) in [4.78, 5) is 17.7. The molecule has 2 aliphatic heterocycles. The molecule has 0 radical (unpaired) electrons. The van der Waals surface area contributed by atoms with Crippen molar-refractivity contribution < 1.29 is 4.79 Å². The average Bonchev–Trinajstić information content (AvgIpc) is 2.61. The summed E-state index contributed by atoms with van der Waals surface area (Å²) in [6.45, 7) is 3.98. The normalized spacial score (nSPS) is 41.9. The summed E-state index contributed by atoms with van der Waals surface area (Å²) in [5, 5.41) is 3.55. The first-order valence-electron chi connectivity index (χ1n) is 10.6. The van der Waals surface area contributed by atoms with Gasteiger partial charge >= 0.3 is 6.03 Å². The lowest BCUT2D eigenvalue weighted by molar-refractivity contribution is -0.0168. The van der Waals surface area contributed by atoms with Crippen LogP contribution in [0.4, 0.5) is 4.79 Å². The lowest BCUT2D eigenvalue weighted by Crippen LogP contribution is -2.63. The van der Waals surface area contributed by atoms with Gasteiger partial charge < -0.3 is 10.2 Å². The molecule has 0 spiro atoms. The first-order chi connectivity index (χ1) is 12.2. The fourth-order valence-corrected chi connectivity index (χ4v) is 7.99. The number of nitrogens with one attached hydrogen (secondary N) is 1. The van der Waals surface area contributed by atoms with Gasteiger partial charge in [0, 0.05) is 37.8 Å². The molecule has 5 heteroatoms. The number of carbonyl (C=O) groups is 1. The summed E-state index contributed by atoms with van der Waals surface area (Å²) in [5.41, 5.74) is 0.156. The predicted octanol–water partition coefficient (Wildman–Crippen LogP) is 3.18. The Hall–Kier alpha value is -0.420. The fourth-order valence-electron chi connectivity index (χ4n) is 6.91. The van der Waals surface area contributed by atoms with Gasteiger partial charge in [-0.3, -0.25) is 4.90 Å². The minimum absolute atomic E-state index is 0.156. The van der Waals surface area contributed by atoms with Crippen LogP contribution in [0.1, 0.15) is 51.4 Å². The molecule has 0 aromatic rings. The van der Waals surface area contributed by atoms with Gasteiger partial charge in [0.1, 0.15) is 0 Å². The number of thioether (sulfide) groups is 1. The van der Waals surface area contributed by atoms with Gasteiger partial charge in [0.2, 0.25) is 0 Å². The van der Waals surface area contributed by atoms with E-state index in [1.165, 1.54) is 62.9 Å². The predicted molar refractivity (Wildman–Crippen MR) is 103 cm³/mol. The van der Waals surface area contributed by atoms with Crippen LogP contribution in [0.2, 0.25) is 0 Å². The molecule has 0 atom stereocenters. The quantitative estimate of drug-likeness (QED) is 0.818. The van der Waals surface area contributed by atoms with E-state index >= 15 is 0 Å². The number of urea groups is 1. The molecule has 2 heterocycles. The highest BCUT2D eigenvalue weighted by atomic mass is 32.2. The van der Waals surface area contributed by atoms with Gasteiger partial charge in [-0.25, -0.2) is 4.79 Å². The zero-order chi connectivity index (χ0) is 16.9. The zero-order valence-corrected chi connectivity index (χ0v) is 16.2. The molecule has 6 rings (SSSR count). The highest BCUT2D eigenvalue weighted by Gasteiger charge is 2.51. The highest BCUT2D eigenvalue weighted by Crippen LogP contribution is 2.55. The van der Waals surface area contributed by atoms with Crippen molar-refractivity contribution in [2.75, 3.05) is 37.7 Å². The number of amides is 2. The Kier molecular flexibility index (Phi) is 4.44. The second-order valence-electron chi connectivity index (χ2n) is 9.49. The van der Waals surface area contributed by atoms with Crippen LogP contribution in [0.3, 0.4) is 0 Å². The summed E-state index contributed by atoms with van der Waals surface area (Å²) in [7, 11) is 0. The first-order valence-corrected chi connectivity index (χ1v) is 11.7. The molecular formula is C20H33N3OS. The average molecular weight is 364 g/mol. The molecule has 0 aromatic carbocycles. The van der Waals surface area contributed by atoms with Crippen LogP contribution in [0.25, 0.3) is 0 Å². The van der Waals surface area contributed by atoms with E-state index in [9.17, 15) is 4.79 Å². The van der Waals surface area contributed by atoms with Crippen LogP contribution >= 0.6 is 11.8 Å². The number of carbonyl (C=O) groups excluding carboxylic acids is 1. The summed E-state index contributed by atoms with van der Waals surface area (Å²) in [6.07, 6.45) is 10.8. The minimum atomic E-state index is 0.156. The van der Waals surface area contributed by atoms with Gasteiger partial charge in [-0.05, 0) is 80.6 Å². The SMILES string of the molecule is O=C(NC12CC3CC(CC(C3)C1)C2)N1CCN(C2CCSCC2)CC1. The van der Waals surface area contributed by atoms with Crippen LogP contribution < -0.4 is 5.32 Å². The second kappa shape index (κ2) is 6.63. The lowest BCUT2D eigenvalue weighted by Gasteiger charge is -2.57. The topological polar surface area (TPSA) is 35.6 Å². The summed E-state index contributed by atoms with van der Waals surface area (Å²) >= 11 is 2.10. The monoisotopic (exact) mass is 363 g/mol. The molecule has 4 bridgehead atoms. The van der Waals surface area contributed by atoms with E-state index < -0.39 is 0 Å². The molecule has 0 aromatic heterocycles. The van der Waals surface area contributed by atoms with E-state index in [1.807, 2.05) is 0 Å². The van der Waals surface area contributed by atoms with Crippen molar-refractivity contribution in [1.82, 2.24) is 15.1 Å². The van der Waals surface area contributed by atoms with E-state index in [2.05, 4.69) is 26.9 Å². The summed E-state index contributed by atoms with van der Waals surface area (Å²) in [5.74, 6) is 5.32. The Balaban J connectivity index is 1.16. The second-order valence-corrected chi connectivity index (χ2v) is 10.7.